The lowest BCUT2D eigenvalue weighted by Crippen LogP contribution is -2.51. The molecule has 2 aliphatic carbocycles. The molecule has 4 N–H and O–H groups in total. The molecule has 6 nitrogen and oxygen atoms in total. The van der Waals surface area contributed by atoms with Crippen LogP contribution in [0.1, 0.15) is 25.7 Å². The first-order valence-electron chi connectivity index (χ1n) is 6.01. The van der Waals surface area contributed by atoms with E-state index in [0.29, 0.717) is 5.92 Å². The van der Waals surface area contributed by atoms with Crippen LogP contribution in [0.5, 0.6) is 0 Å². The van der Waals surface area contributed by atoms with Crippen molar-refractivity contribution in [3.63, 3.8) is 0 Å². The molecule has 0 radical (unpaired) electrons. The second-order valence-corrected chi connectivity index (χ2v) is 4.97. The number of aliphatic hydroxyl groups excluding tert-OH is 1. The Labute approximate surface area is 99.4 Å². The number of hydrogen-bond acceptors (Lipinski definition) is 3. The van der Waals surface area contributed by atoms with Gasteiger partial charge < -0.3 is 20.8 Å². The molecule has 0 aromatic heterocycles. The molecule has 0 heterocycles. The molecule has 6 heteroatoms. The number of aliphatic carboxylic acids is 1. The zero-order valence-electron chi connectivity index (χ0n) is 9.56. The van der Waals surface area contributed by atoms with Crippen LogP contribution in [-0.2, 0) is 4.79 Å². The van der Waals surface area contributed by atoms with Crippen molar-refractivity contribution in [3.8, 4) is 0 Å². The summed E-state index contributed by atoms with van der Waals surface area (Å²) in [5.74, 6) is 0.0390. The average molecular weight is 242 g/mol. The number of carboxylic acid groups (broad SMARTS) is 1. The van der Waals surface area contributed by atoms with Gasteiger partial charge in [-0.2, -0.15) is 0 Å². The maximum atomic E-state index is 11.6. The molecule has 96 valence electrons. The van der Waals surface area contributed by atoms with E-state index in [1.807, 2.05) is 0 Å². The lowest BCUT2D eigenvalue weighted by atomic mass is 9.95. The Morgan fingerprint density at radius 2 is 2.06 bits per heavy atom. The molecule has 2 fully saturated rings. The van der Waals surface area contributed by atoms with Crippen LogP contribution in [0, 0.1) is 11.8 Å². The predicted molar refractivity (Wildman–Crippen MR) is 59.4 cm³/mol. The van der Waals surface area contributed by atoms with Gasteiger partial charge in [0.1, 0.15) is 0 Å². The van der Waals surface area contributed by atoms with Crippen LogP contribution in [0.15, 0.2) is 0 Å². The van der Waals surface area contributed by atoms with Crippen LogP contribution < -0.4 is 10.6 Å². The van der Waals surface area contributed by atoms with Gasteiger partial charge in [0, 0.05) is 6.04 Å². The minimum absolute atomic E-state index is 0.168. The van der Waals surface area contributed by atoms with Crippen LogP contribution in [-0.4, -0.2) is 40.9 Å². The van der Waals surface area contributed by atoms with E-state index in [9.17, 15) is 9.59 Å². The van der Waals surface area contributed by atoms with Gasteiger partial charge in [0.05, 0.1) is 6.61 Å². The van der Waals surface area contributed by atoms with Gasteiger partial charge in [-0.3, -0.25) is 0 Å². The number of urea groups is 1. The Bertz CT molecular complexity index is 321. The van der Waals surface area contributed by atoms with E-state index in [1.54, 1.807) is 0 Å². The number of fused-ring (bicyclic) bond motifs is 2. The third kappa shape index (κ3) is 2.69. The van der Waals surface area contributed by atoms with Crippen molar-refractivity contribution in [2.24, 2.45) is 11.8 Å². The molecule has 0 aromatic carbocycles. The van der Waals surface area contributed by atoms with Gasteiger partial charge in [-0.1, -0.05) is 6.42 Å². The van der Waals surface area contributed by atoms with Crippen molar-refractivity contribution < 1.29 is 19.8 Å². The lowest BCUT2D eigenvalue weighted by Gasteiger charge is -2.23. The van der Waals surface area contributed by atoms with Crippen molar-refractivity contribution in [3.05, 3.63) is 0 Å². The molecule has 3 unspecified atom stereocenters. The van der Waals surface area contributed by atoms with E-state index in [-0.39, 0.29) is 6.04 Å². The molecule has 0 spiro atoms. The van der Waals surface area contributed by atoms with Crippen LogP contribution in [0.3, 0.4) is 0 Å². The third-order valence-electron chi connectivity index (χ3n) is 3.84. The number of carbonyl (C=O) groups excluding carboxylic acids is 1. The van der Waals surface area contributed by atoms with Gasteiger partial charge in [0.25, 0.3) is 0 Å². The van der Waals surface area contributed by atoms with Crippen molar-refractivity contribution in [2.75, 3.05) is 6.61 Å². The molecule has 2 bridgehead atoms. The molecular weight excluding hydrogens is 224 g/mol. The lowest BCUT2D eigenvalue weighted by molar-refractivity contribution is -0.140. The summed E-state index contributed by atoms with van der Waals surface area (Å²) in [5, 5.41) is 22.5. The highest BCUT2D eigenvalue weighted by Crippen LogP contribution is 2.44. The maximum absolute atomic E-state index is 11.6. The van der Waals surface area contributed by atoms with Crippen LogP contribution in [0.4, 0.5) is 4.79 Å². The fourth-order valence-corrected chi connectivity index (χ4v) is 2.98. The largest absolute Gasteiger partial charge is 0.480 e. The van der Waals surface area contributed by atoms with E-state index < -0.39 is 24.6 Å². The second kappa shape index (κ2) is 4.91. The average Bonchev–Trinajstić information content (AvgIpc) is 2.87. The van der Waals surface area contributed by atoms with Crippen LogP contribution >= 0.6 is 0 Å². The Kier molecular flexibility index (Phi) is 3.51. The Morgan fingerprint density at radius 1 is 1.29 bits per heavy atom. The zero-order chi connectivity index (χ0) is 12.4. The summed E-state index contributed by atoms with van der Waals surface area (Å²) in [7, 11) is 0. The molecule has 2 saturated carbocycles. The first-order valence-corrected chi connectivity index (χ1v) is 6.01. The number of rotatable bonds is 4. The van der Waals surface area contributed by atoms with Crippen molar-refractivity contribution in [1.29, 1.82) is 0 Å². The van der Waals surface area contributed by atoms with Gasteiger partial charge in [0.2, 0.25) is 0 Å². The quantitative estimate of drug-likeness (QED) is 0.554. The van der Waals surface area contributed by atoms with Gasteiger partial charge in [-0.15, -0.1) is 0 Å². The van der Waals surface area contributed by atoms with Gasteiger partial charge in [-0.05, 0) is 31.1 Å². The zero-order valence-corrected chi connectivity index (χ0v) is 9.56. The summed E-state index contributed by atoms with van der Waals surface area (Å²) in [6.07, 6.45) is 4.57. The number of nitrogens with one attached hydrogen (secondary N) is 2. The summed E-state index contributed by atoms with van der Waals surface area (Å²) in [5.41, 5.74) is 0. The fraction of sp³-hybridized carbons (Fsp3) is 0.818. The fourth-order valence-electron chi connectivity index (χ4n) is 2.98. The molecule has 0 aromatic rings. The summed E-state index contributed by atoms with van der Waals surface area (Å²) in [6, 6.07) is -1.56. The first kappa shape index (κ1) is 12.2. The topological polar surface area (TPSA) is 98.7 Å². The molecule has 4 atom stereocenters. The highest BCUT2D eigenvalue weighted by molar-refractivity contribution is 5.82. The Balaban J connectivity index is 1.79. The molecular formula is C11H18N2O4. The van der Waals surface area contributed by atoms with E-state index in [4.69, 9.17) is 10.2 Å². The first-order chi connectivity index (χ1) is 8.10. The van der Waals surface area contributed by atoms with Crippen LogP contribution in [0.25, 0.3) is 0 Å². The van der Waals surface area contributed by atoms with Crippen LogP contribution in [0.2, 0.25) is 0 Å². The summed E-state index contributed by atoms with van der Waals surface area (Å²) in [4.78, 5) is 22.2. The van der Waals surface area contributed by atoms with E-state index in [2.05, 4.69) is 10.6 Å². The standard InChI is InChI=1S/C11H18N2O4/c14-5-9(10(15)16)13-11(17)12-8-4-6-1-2-7(8)3-6/h6-9,14H,1-5H2,(H,15,16)(H2,12,13,17)/t6?,7?,8?,9-/m1/s1. The SMILES string of the molecule is O=C(NC1CC2CCC1C2)N[C@H](CO)C(=O)O. The molecule has 2 rings (SSSR count). The van der Waals surface area contributed by atoms with Crippen molar-refractivity contribution in [1.82, 2.24) is 10.6 Å². The third-order valence-corrected chi connectivity index (χ3v) is 3.84. The normalized spacial score (nSPS) is 32.2. The van der Waals surface area contributed by atoms with Crippen molar-refractivity contribution in [2.45, 2.75) is 37.8 Å². The Morgan fingerprint density at radius 3 is 2.53 bits per heavy atom. The number of carboxylic acids is 1. The minimum atomic E-state index is -1.23. The molecule has 0 aliphatic heterocycles. The highest BCUT2D eigenvalue weighted by Gasteiger charge is 2.40. The van der Waals surface area contributed by atoms with Crippen molar-refractivity contribution >= 4 is 12.0 Å². The van der Waals surface area contributed by atoms with Gasteiger partial charge in [-0.25, -0.2) is 9.59 Å². The maximum Gasteiger partial charge on any atom is 0.328 e. The summed E-state index contributed by atoms with van der Waals surface area (Å²) >= 11 is 0. The highest BCUT2D eigenvalue weighted by atomic mass is 16.4. The van der Waals surface area contributed by atoms with Gasteiger partial charge >= 0.3 is 12.0 Å². The second-order valence-electron chi connectivity index (χ2n) is 4.97. The minimum Gasteiger partial charge on any atom is -0.480 e. The molecule has 2 aliphatic rings. The number of aliphatic hydroxyl groups is 1. The molecule has 17 heavy (non-hydrogen) atoms. The number of hydrogen-bond donors (Lipinski definition) is 4. The van der Waals surface area contributed by atoms with E-state index >= 15 is 0 Å². The van der Waals surface area contributed by atoms with E-state index in [1.165, 1.54) is 12.8 Å². The summed E-state index contributed by atoms with van der Waals surface area (Å²) < 4.78 is 0. The predicted octanol–water partition coefficient (Wildman–Crippen LogP) is -0.0803. The number of amides is 2. The molecule has 2 amide bonds. The molecule has 0 saturated heterocycles. The van der Waals surface area contributed by atoms with E-state index in [0.717, 1.165) is 18.8 Å². The summed E-state index contributed by atoms with van der Waals surface area (Å²) in [6.45, 7) is -0.598. The Hall–Kier alpha value is -1.30. The van der Waals surface area contributed by atoms with Gasteiger partial charge in [0.15, 0.2) is 6.04 Å². The smallest absolute Gasteiger partial charge is 0.328 e. The monoisotopic (exact) mass is 242 g/mol. The number of carbonyl (C=O) groups is 2.